The van der Waals surface area contributed by atoms with Crippen molar-refractivity contribution in [1.82, 2.24) is 10.3 Å². The molecule has 0 fully saturated rings. The molecule has 0 saturated carbocycles. The van der Waals surface area contributed by atoms with Gasteiger partial charge in [0.2, 0.25) is 0 Å². The third kappa shape index (κ3) is 3.31. The van der Waals surface area contributed by atoms with Crippen LogP contribution >= 0.6 is 11.8 Å². The van der Waals surface area contributed by atoms with E-state index in [4.69, 9.17) is 0 Å². The third-order valence-corrected chi connectivity index (χ3v) is 2.81. The van der Waals surface area contributed by atoms with E-state index in [1.165, 1.54) is 11.1 Å². The maximum absolute atomic E-state index is 4.40. The predicted molar refractivity (Wildman–Crippen MR) is 62.7 cm³/mol. The Hall–Kier alpha value is -0.540. The number of pyridine rings is 1. The second-order valence-electron chi connectivity index (χ2n) is 3.71. The maximum Gasteiger partial charge on any atom is 0.0986 e. The van der Waals surface area contributed by atoms with Crippen LogP contribution < -0.4 is 5.32 Å². The first kappa shape index (κ1) is 11.5. The molecule has 0 radical (unpaired) electrons. The predicted octanol–water partition coefficient (Wildman–Crippen LogP) is 2.61. The van der Waals surface area contributed by atoms with Gasteiger partial charge in [-0.15, -0.1) is 11.8 Å². The molecule has 0 aliphatic carbocycles. The van der Waals surface area contributed by atoms with Gasteiger partial charge < -0.3 is 5.32 Å². The van der Waals surface area contributed by atoms with Crippen molar-refractivity contribution in [1.29, 1.82) is 0 Å². The molecule has 0 spiro atoms. The van der Waals surface area contributed by atoms with E-state index in [2.05, 4.69) is 43.4 Å². The number of aromatic nitrogens is 1. The lowest BCUT2D eigenvalue weighted by atomic mass is 10.2. The highest BCUT2D eigenvalue weighted by Gasteiger charge is 2.00. The molecule has 1 rings (SSSR count). The smallest absolute Gasteiger partial charge is 0.0986 e. The first-order valence-electron chi connectivity index (χ1n) is 4.86. The zero-order valence-corrected chi connectivity index (χ0v) is 10.1. The van der Waals surface area contributed by atoms with Gasteiger partial charge in [0.1, 0.15) is 0 Å². The van der Waals surface area contributed by atoms with E-state index >= 15 is 0 Å². The van der Waals surface area contributed by atoms with E-state index in [9.17, 15) is 0 Å². The number of rotatable bonds is 4. The fourth-order valence-electron chi connectivity index (χ4n) is 1.25. The maximum atomic E-state index is 4.40. The van der Waals surface area contributed by atoms with Crippen molar-refractivity contribution in [2.24, 2.45) is 0 Å². The van der Waals surface area contributed by atoms with E-state index in [1.807, 2.05) is 6.20 Å². The summed E-state index contributed by atoms with van der Waals surface area (Å²) in [6.45, 7) is 7.31. The summed E-state index contributed by atoms with van der Waals surface area (Å²) < 4.78 is 0. The van der Waals surface area contributed by atoms with E-state index in [1.54, 1.807) is 11.8 Å². The summed E-state index contributed by atoms with van der Waals surface area (Å²) in [5.74, 6) is 0. The fourth-order valence-corrected chi connectivity index (χ4v) is 1.79. The van der Waals surface area contributed by atoms with E-state index < -0.39 is 0 Å². The number of hydrogen-bond acceptors (Lipinski definition) is 3. The lowest BCUT2D eigenvalue weighted by molar-refractivity contribution is 0.587. The lowest BCUT2D eigenvalue weighted by Crippen LogP contribution is -2.21. The van der Waals surface area contributed by atoms with Gasteiger partial charge in [0, 0.05) is 18.8 Å². The van der Waals surface area contributed by atoms with Crippen LogP contribution in [0.2, 0.25) is 0 Å². The molecular weight excluding hydrogens is 192 g/mol. The molecule has 0 amide bonds. The van der Waals surface area contributed by atoms with Gasteiger partial charge in [-0.25, -0.2) is 4.98 Å². The summed E-state index contributed by atoms with van der Waals surface area (Å²) in [5, 5.41) is 4.50. The number of aryl methyl sites for hydroxylation is 1. The van der Waals surface area contributed by atoms with Crippen LogP contribution in [0, 0.1) is 6.92 Å². The average molecular weight is 210 g/mol. The van der Waals surface area contributed by atoms with Crippen LogP contribution in [-0.2, 0) is 6.54 Å². The Morgan fingerprint density at radius 3 is 2.71 bits per heavy atom. The molecule has 1 heterocycles. The van der Waals surface area contributed by atoms with Crippen molar-refractivity contribution < 1.29 is 0 Å². The van der Waals surface area contributed by atoms with Crippen LogP contribution in [0.3, 0.4) is 0 Å². The Labute approximate surface area is 90.5 Å². The molecule has 78 valence electrons. The summed E-state index contributed by atoms with van der Waals surface area (Å²) in [7, 11) is 0. The molecule has 0 aliphatic rings. The molecule has 0 saturated heterocycles. The van der Waals surface area contributed by atoms with Gasteiger partial charge in [0.15, 0.2) is 0 Å². The molecule has 3 heteroatoms. The van der Waals surface area contributed by atoms with E-state index in [0.29, 0.717) is 6.04 Å². The normalized spacial score (nSPS) is 10.9. The molecule has 0 aliphatic heterocycles. The van der Waals surface area contributed by atoms with Crippen LogP contribution in [0.15, 0.2) is 17.3 Å². The average Bonchev–Trinajstić information content (AvgIpc) is 2.15. The number of thioether (sulfide) groups is 1. The molecule has 1 N–H and O–H groups in total. The highest BCUT2D eigenvalue weighted by atomic mass is 32.2. The summed E-state index contributed by atoms with van der Waals surface area (Å²) in [5.41, 5.74) is 2.52. The van der Waals surface area contributed by atoms with Crippen molar-refractivity contribution in [3.8, 4) is 0 Å². The van der Waals surface area contributed by atoms with Gasteiger partial charge in [-0.3, -0.25) is 0 Å². The van der Waals surface area contributed by atoms with Crippen LogP contribution in [0.5, 0.6) is 0 Å². The van der Waals surface area contributed by atoms with Crippen LogP contribution in [-0.4, -0.2) is 17.3 Å². The number of hydrogen-bond donors (Lipinski definition) is 1. The van der Waals surface area contributed by atoms with Crippen LogP contribution in [0.4, 0.5) is 0 Å². The van der Waals surface area contributed by atoms with Gasteiger partial charge in [0.05, 0.1) is 5.03 Å². The minimum Gasteiger partial charge on any atom is -0.310 e. The number of nitrogens with one attached hydrogen (secondary N) is 1. The van der Waals surface area contributed by atoms with Crippen LogP contribution in [0.1, 0.15) is 25.0 Å². The van der Waals surface area contributed by atoms with Gasteiger partial charge in [-0.2, -0.15) is 0 Å². The third-order valence-electron chi connectivity index (χ3n) is 1.99. The standard InChI is InChI=1S/C11H18N2S/c1-8(2)12-6-10-5-9(3)11(14-4)13-7-10/h5,7-8,12H,6H2,1-4H3. The summed E-state index contributed by atoms with van der Waals surface area (Å²) in [6, 6.07) is 2.73. The Balaban J connectivity index is 2.66. The molecule has 1 aromatic rings. The topological polar surface area (TPSA) is 24.9 Å². The van der Waals surface area contributed by atoms with Gasteiger partial charge >= 0.3 is 0 Å². The van der Waals surface area contributed by atoms with Crippen molar-refractivity contribution in [2.75, 3.05) is 6.26 Å². The first-order valence-corrected chi connectivity index (χ1v) is 6.09. The minimum atomic E-state index is 0.524. The molecule has 2 nitrogen and oxygen atoms in total. The minimum absolute atomic E-state index is 0.524. The summed E-state index contributed by atoms with van der Waals surface area (Å²) in [6.07, 6.45) is 4.01. The van der Waals surface area contributed by atoms with Crippen molar-refractivity contribution in [3.05, 3.63) is 23.4 Å². The van der Waals surface area contributed by atoms with Crippen molar-refractivity contribution in [2.45, 2.75) is 38.4 Å². The van der Waals surface area contributed by atoms with E-state index in [-0.39, 0.29) is 0 Å². The Bertz CT molecular complexity index is 297. The van der Waals surface area contributed by atoms with Crippen molar-refractivity contribution in [3.63, 3.8) is 0 Å². The molecule has 0 atom stereocenters. The molecule has 0 aromatic carbocycles. The zero-order chi connectivity index (χ0) is 10.6. The molecule has 14 heavy (non-hydrogen) atoms. The lowest BCUT2D eigenvalue weighted by Gasteiger charge is -2.09. The van der Waals surface area contributed by atoms with Crippen molar-refractivity contribution >= 4 is 11.8 Å². The van der Waals surface area contributed by atoms with Gasteiger partial charge in [-0.05, 0) is 24.3 Å². The first-order chi connectivity index (χ1) is 6.63. The Morgan fingerprint density at radius 2 is 2.21 bits per heavy atom. The van der Waals surface area contributed by atoms with E-state index in [0.717, 1.165) is 11.6 Å². The quantitative estimate of drug-likeness (QED) is 0.773. The summed E-state index contributed by atoms with van der Waals surface area (Å²) >= 11 is 1.70. The Morgan fingerprint density at radius 1 is 1.50 bits per heavy atom. The second kappa shape index (κ2) is 5.37. The molecule has 0 bridgehead atoms. The van der Waals surface area contributed by atoms with Gasteiger partial charge in [-0.1, -0.05) is 19.9 Å². The molecule has 1 aromatic heterocycles. The van der Waals surface area contributed by atoms with Gasteiger partial charge in [0.25, 0.3) is 0 Å². The highest BCUT2D eigenvalue weighted by Crippen LogP contribution is 2.17. The monoisotopic (exact) mass is 210 g/mol. The number of nitrogens with zero attached hydrogens (tertiary/aromatic N) is 1. The zero-order valence-electron chi connectivity index (χ0n) is 9.29. The summed E-state index contributed by atoms with van der Waals surface area (Å²) in [4.78, 5) is 4.40. The largest absolute Gasteiger partial charge is 0.310 e. The highest BCUT2D eigenvalue weighted by molar-refractivity contribution is 7.98. The second-order valence-corrected chi connectivity index (χ2v) is 4.50. The van der Waals surface area contributed by atoms with Crippen LogP contribution in [0.25, 0.3) is 0 Å². The molecular formula is C11H18N2S. The SMILES string of the molecule is CSc1ncc(CNC(C)C)cc1C. The fraction of sp³-hybridized carbons (Fsp3) is 0.545. The molecule has 0 unspecified atom stereocenters. The Kier molecular flexibility index (Phi) is 4.42.